The molecule has 1 aromatic heterocycles. The molecular formula is C24H35N3O2. The van der Waals surface area contributed by atoms with E-state index in [1.807, 2.05) is 18.3 Å². The molecule has 0 spiro atoms. The lowest BCUT2D eigenvalue weighted by Gasteiger charge is -2.49. The number of benzene rings is 1. The third-order valence-electron chi connectivity index (χ3n) is 5.61. The van der Waals surface area contributed by atoms with Crippen molar-refractivity contribution in [3.8, 4) is 11.5 Å². The summed E-state index contributed by atoms with van der Waals surface area (Å²) in [5, 5.41) is 3.80. The van der Waals surface area contributed by atoms with E-state index in [4.69, 9.17) is 9.47 Å². The van der Waals surface area contributed by atoms with Crippen molar-refractivity contribution >= 4 is 0 Å². The predicted molar refractivity (Wildman–Crippen MR) is 117 cm³/mol. The molecule has 2 aromatic rings. The van der Waals surface area contributed by atoms with Crippen molar-refractivity contribution in [2.24, 2.45) is 0 Å². The maximum atomic E-state index is 5.52. The lowest BCUT2D eigenvalue weighted by molar-refractivity contribution is 0.0555. The minimum Gasteiger partial charge on any atom is -0.493 e. The van der Waals surface area contributed by atoms with Crippen LogP contribution >= 0.6 is 0 Å². The number of pyridine rings is 1. The Bertz CT molecular complexity index is 789. The zero-order valence-corrected chi connectivity index (χ0v) is 18.7. The third kappa shape index (κ3) is 5.71. The summed E-state index contributed by atoms with van der Waals surface area (Å²) in [5.41, 5.74) is 2.49. The molecular weight excluding hydrogens is 362 g/mol. The van der Waals surface area contributed by atoms with Gasteiger partial charge in [0.05, 0.1) is 19.9 Å². The first kappa shape index (κ1) is 21.6. The van der Waals surface area contributed by atoms with Crippen LogP contribution in [0.4, 0.5) is 0 Å². The molecule has 1 aliphatic rings. The van der Waals surface area contributed by atoms with Crippen LogP contribution in [0.1, 0.15) is 51.8 Å². The van der Waals surface area contributed by atoms with Gasteiger partial charge in [0.2, 0.25) is 0 Å². The second-order valence-corrected chi connectivity index (χ2v) is 9.37. The Kier molecular flexibility index (Phi) is 6.49. The second kappa shape index (κ2) is 8.72. The molecule has 158 valence electrons. The number of methoxy groups -OCH3 is 2. The number of nitrogens with zero attached hydrogens (tertiary/aromatic N) is 2. The molecule has 1 saturated heterocycles. The Hall–Kier alpha value is -2.11. The van der Waals surface area contributed by atoms with E-state index < -0.39 is 0 Å². The number of nitrogens with one attached hydrogen (secondary N) is 1. The maximum absolute atomic E-state index is 5.52. The van der Waals surface area contributed by atoms with Gasteiger partial charge in [-0.15, -0.1) is 0 Å². The topological polar surface area (TPSA) is 46.6 Å². The molecule has 0 saturated carbocycles. The zero-order valence-electron chi connectivity index (χ0n) is 18.7. The molecule has 1 fully saturated rings. The van der Waals surface area contributed by atoms with Gasteiger partial charge in [0.1, 0.15) is 0 Å². The number of aromatic nitrogens is 1. The minimum atomic E-state index is 0.0897. The quantitative estimate of drug-likeness (QED) is 0.750. The molecule has 1 aliphatic heterocycles. The summed E-state index contributed by atoms with van der Waals surface area (Å²) in [6.07, 6.45) is 4.06. The monoisotopic (exact) mass is 397 g/mol. The number of ether oxygens (including phenoxy) is 2. The Morgan fingerprint density at radius 2 is 1.66 bits per heavy atom. The molecule has 3 rings (SSSR count). The number of hydrogen-bond donors (Lipinski definition) is 1. The first-order chi connectivity index (χ1) is 13.7. The molecule has 0 bridgehead atoms. The lowest BCUT2D eigenvalue weighted by atomic mass is 9.79. The molecule has 0 atom stereocenters. The summed E-state index contributed by atoms with van der Waals surface area (Å²) >= 11 is 0. The van der Waals surface area contributed by atoms with E-state index in [1.54, 1.807) is 14.2 Å². The number of rotatable bonds is 7. The highest BCUT2D eigenvalue weighted by molar-refractivity contribution is 5.42. The van der Waals surface area contributed by atoms with Crippen LogP contribution < -0.4 is 14.8 Å². The Labute approximate surface area is 175 Å². The van der Waals surface area contributed by atoms with Crippen LogP contribution in [-0.4, -0.2) is 41.2 Å². The smallest absolute Gasteiger partial charge is 0.161 e. The highest BCUT2D eigenvalue weighted by Crippen LogP contribution is 2.34. The van der Waals surface area contributed by atoms with Gasteiger partial charge in [0.25, 0.3) is 0 Å². The van der Waals surface area contributed by atoms with Gasteiger partial charge >= 0.3 is 0 Å². The second-order valence-electron chi connectivity index (χ2n) is 9.37. The van der Waals surface area contributed by atoms with Crippen LogP contribution in [0.15, 0.2) is 42.6 Å². The molecule has 5 heteroatoms. The fourth-order valence-electron chi connectivity index (χ4n) is 4.75. The van der Waals surface area contributed by atoms with Gasteiger partial charge in [-0.2, -0.15) is 0 Å². The summed E-state index contributed by atoms with van der Waals surface area (Å²) < 4.78 is 10.9. The van der Waals surface area contributed by atoms with Crippen molar-refractivity contribution in [3.63, 3.8) is 0 Å². The highest BCUT2D eigenvalue weighted by atomic mass is 16.5. The Morgan fingerprint density at radius 1 is 0.966 bits per heavy atom. The SMILES string of the molecule is COc1ccc(CN(Cc2ccccn2)C2CC(C)(C)NC(C)(C)C2)cc1OC. The van der Waals surface area contributed by atoms with E-state index in [0.717, 1.165) is 43.1 Å². The summed E-state index contributed by atoms with van der Waals surface area (Å²) in [7, 11) is 3.36. The standard InChI is InChI=1S/C24H35N3O2/c1-23(2)14-20(15-24(3,4)26-23)27(17-19-9-7-8-12-25-19)16-18-10-11-21(28-5)22(13-18)29-6/h7-13,20,26H,14-17H2,1-6H3. The van der Waals surface area contributed by atoms with Crippen LogP contribution in [0.5, 0.6) is 11.5 Å². The Balaban J connectivity index is 1.89. The van der Waals surface area contributed by atoms with Crippen molar-refractivity contribution < 1.29 is 9.47 Å². The van der Waals surface area contributed by atoms with Crippen LogP contribution in [0.3, 0.4) is 0 Å². The average Bonchev–Trinajstić information content (AvgIpc) is 2.65. The van der Waals surface area contributed by atoms with E-state index in [2.05, 4.69) is 67.2 Å². The third-order valence-corrected chi connectivity index (χ3v) is 5.61. The van der Waals surface area contributed by atoms with E-state index in [1.165, 1.54) is 5.56 Å². The highest BCUT2D eigenvalue weighted by Gasteiger charge is 2.40. The molecule has 0 amide bonds. The van der Waals surface area contributed by atoms with Gasteiger partial charge in [-0.25, -0.2) is 0 Å². The fraction of sp³-hybridized carbons (Fsp3) is 0.542. The zero-order chi connectivity index (χ0) is 21.1. The van der Waals surface area contributed by atoms with Crippen LogP contribution in [0.25, 0.3) is 0 Å². The minimum absolute atomic E-state index is 0.0897. The molecule has 2 heterocycles. The number of piperidine rings is 1. The van der Waals surface area contributed by atoms with E-state index >= 15 is 0 Å². The van der Waals surface area contributed by atoms with Crippen molar-refractivity contribution in [1.82, 2.24) is 15.2 Å². The summed E-state index contributed by atoms with van der Waals surface area (Å²) in [6, 6.07) is 12.8. The molecule has 0 unspecified atom stereocenters. The molecule has 0 radical (unpaired) electrons. The van der Waals surface area contributed by atoms with Crippen LogP contribution in [-0.2, 0) is 13.1 Å². The normalized spacial score (nSPS) is 18.6. The van der Waals surface area contributed by atoms with Gasteiger partial charge in [0.15, 0.2) is 11.5 Å². The van der Waals surface area contributed by atoms with Gasteiger partial charge in [-0.05, 0) is 70.4 Å². The molecule has 5 nitrogen and oxygen atoms in total. The van der Waals surface area contributed by atoms with Gasteiger partial charge in [-0.3, -0.25) is 9.88 Å². The maximum Gasteiger partial charge on any atom is 0.161 e. The fourth-order valence-corrected chi connectivity index (χ4v) is 4.75. The van der Waals surface area contributed by atoms with Crippen LogP contribution in [0, 0.1) is 0 Å². The summed E-state index contributed by atoms with van der Waals surface area (Å²) in [4.78, 5) is 7.15. The number of hydrogen-bond acceptors (Lipinski definition) is 5. The summed E-state index contributed by atoms with van der Waals surface area (Å²) in [6.45, 7) is 10.9. The molecule has 0 aliphatic carbocycles. The van der Waals surface area contributed by atoms with Crippen LogP contribution in [0.2, 0.25) is 0 Å². The lowest BCUT2D eigenvalue weighted by Crippen LogP contribution is -2.62. The molecule has 1 N–H and O–H groups in total. The predicted octanol–water partition coefficient (Wildman–Crippen LogP) is 4.41. The first-order valence-corrected chi connectivity index (χ1v) is 10.4. The van der Waals surface area contributed by atoms with Crippen molar-refractivity contribution in [2.45, 2.75) is 70.7 Å². The van der Waals surface area contributed by atoms with Crippen molar-refractivity contribution in [2.75, 3.05) is 14.2 Å². The first-order valence-electron chi connectivity index (χ1n) is 10.4. The van der Waals surface area contributed by atoms with Gasteiger partial charge in [0, 0.05) is 36.4 Å². The summed E-state index contributed by atoms with van der Waals surface area (Å²) in [5.74, 6) is 1.53. The molecule has 1 aromatic carbocycles. The van der Waals surface area contributed by atoms with Crippen molar-refractivity contribution in [1.29, 1.82) is 0 Å². The van der Waals surface area contributed by atoms with Gasteiger partial charge < -0.3 is 14.8 Å². The van der Waals surface area contributed by atoms with E-state index in [-0.39, 0.29) is 11.1 Å². The van der Waals surface area contributed by atoms with Crippen molar-refractivity contribution in [3.05, 3.63) is 53.9 Å². The Morgan fingerprint density at radius 3 is 2.24 bits per heavy atom. The van der Waals surface area contributed by atoms with E-state index in [0.29, 0.717) is 6.04 Å². The average molecular weight is 398 g/mol. The van der Waals surface area contributed by atoms with Gasteiger partial charge in [-0.1, -0.05) is 12.1 Å². The van der Waals surface area contributed by atoms with E-state index in [9.17, 15) is 0 Å². The largest absolute Gasteiger partial charge is 0.493 e. The molecule has 29 heavy (non-hydrogen) atoms.